The Morgan fingerprint density at radius 1 is 1.26 bits per heavy atom. The highest BCUT2D eigenvalue weighted by Crippen LogP contribution is 2.21. The van der Waals surface area contributed by atoms with Gasteiger partial charge in [0.2, 0.25) is 0 Å². The Morgan fingerprint density at radius 3 is 2.81 bits per heavy atom. The molecular formula is C20H22N2O4S. The van der Waals surface area contributed by atoms with Crippen LogP contribution in [0.5, 0.6) is 0 Å². The van der Waals surface area contributed by atoms with Crippen molar-refractivity contribution in [3.05, 3.63) is 52.7 Å². The Labute approximate surface area is 161 Å². The lowest BCUT2D eigenvalue weighted by molar-refractivity contribution is -0.143. The van der Waals surface area contributed by atoms with E-state index in [2.05, 4.69) is 24.0 Å². The minimum absolute atomic E-state index is 0.00636. The van der Waals surface area contributed by atoms with E-state index in [1.54, 1.807) is 23.6 Å². The number of benzene rings is 1. The summed E-state index contributed by atoms with van der Waals surface area (Å²) in [6.07, 6.45) is 4.68. The van der Waals surface area contributed by atoms with Crippen LogP contribution >= 0.6 is 11.3 Å². The number of amides is 1. The van der Waals surface area contributed by atoms with Crippen molar-refractivity contribution in [2.45, 2.75) is 39.7 Å². The molecule has 0 aliphatic heterocycles. The summed E-state index contributed by atoms with van der Waals surface area (Å²) < 4.78 is 12.9. The van der Waals surface area contributed by atoms with Gasteiger partial charge < -0.3 is 13.7 Å². The van der Waals surface area contributed by atoms with E-state index in [1.165, 1.54) is 23.2 Å². The average Bonchev–Trinajstić information content (AvgIpc) is 3.29. The van der Waals surface area contributed by atoms with Crippen LogP contribution in [0.25, 0.3) is 10.2 Å². The van der Waals surface area contributed by atoms with Crippen molar-refractivity contribution in [1.82, 2.24) is 4.57 Å². The van der Waals surface area contributed by atoms with Crippen molar-refractivity contribution < 1.29 is 18.7 Å². The summed E-state index contributed by atoms with van der Waals surface area (Å²) in [5.74, 6) is -0.673. The molecule has 0 aliphatic carbocycles. The molecule has 7 heteroatoms. The van der Waals surface area contributed by atoms with Crippen molar-refractivity contribution in [3.63, 3.8) is 0 Å². The molecule has 2 aromatic heterocycles. The summed E-state index contributed by atoms with van der Waals surface area (Å²) in [4.78, 5) is 29.0. The number of fused-ring (bicyclic) bond motifs is 1. The van der Waals surface area contributed by atoms with Gasteiger partial charge in [-0.05, 0) is 49.6 Å². The topological polar surface area (TPSA) is 73.8 Å². The number of furan rings is 1. The van der Waals surface area contributed by atoms with Gasteiger partial charge in [-0.2, -0.15) is 4.99 Å². The summed E-state index contributed by atoms with van der Waals surface area (Å²) in [6.45, 7) is 4.24. The molecule has 0 bridgehead atoms. The molecule has 0 aliphatic rings. The van der Waals surface area contributed by atoms with Gasteiger partial charge in [0.15, 0.2) is 10.6 Å². The van der Waals surface area contributed by atoms with Crippen molar-refractivity contribution in [2.24, 2.45) is 4.99 Å². The second kappa shape index (κ2) is 8.81. The van der Waals surface area contributed by atoms with Gasteiger partial charge in [0.05, 0.1) is 23.1 Å². The lowest BCUT2D eigenvalue weighted by Crippen LogP contribution is -2.23. The molecule has 0 spiro atoms. The quantitative estimate of drug-likeness (QED) is 0.577. The zero-order valence-corrected chi connectivity index (χ0v) is 16.3. The number of aryl methyl sites for hydroxylation is 1. The first-order chi connectivity index (χ1) is 13.1. The van der Waals surface area contributed by atoms with Crippen LogP contribution in [0.2, 0.25) is 0 Å². The van der Waals surface area contributed by atoms with E-state index >= 15 is 0 Å². The zero-order valence-electron chi connectivity index (χ0n) is 15.4. The first-order valence-electron chi connectivity index (χ1n) is 9.02. The van der Waals surface area contributed by atoms with Crippen LogP contribution in [0.3, 0.4) is 0 Å². The fourth-order valence-corrected chi connectivity index (χ4v) is 3.86. The molecule has 0 N–H and O–H groups in total. The zero-order chi connectivity index (χ0) is 19.2. The second-order valence-electron chi connectivity index (χ2n) is 6.08. The van der Waals surface area contributed by atoms with Gasteiger partial charge in [0, 0.05) is 0 Å². The van der Waals surface area contributed by atoms with Crippen LogP contribution in [-0.2, 0) is 22.5 Å². The summed E-state index contributed by atoms with van der Waals surface area (Å²) in [6, 6.07) is 9.35. The molecule has 1 amide bonds. The lowest BCUT2D eigenvalue weighted by atomic mass is 10.1. The van der Waals surface area contributed by atoms with Crippen molar-refractivity contribution in [2.75, 3.05) is 6.61 Å². The molecule has 0 atom stereocenters. The number of ether oxygens (including phenoxy) is 1. The number of esters is 1. The number of carbonyl (C=O) groups excluding carboxylic acids is 2. The van der Waals surface area contributed by atoms with Gasteiger partial charge in [-0.1, -0.05) is 30.7 Å². The third-order valence-corrected chi connectivity index (χ3v) is 5.13. The van der Waals surface area contributed by atoms with E-state index in [0.717, 1.165) is 29.5 Å². The number of hydrogen-bond donors (Lipinski definition) is 0. The van der Waals surface area contributed by atoms with E-state index < -0.39 is 5.91 Å². The molecule has 0 fully saturated rings. The average molecular weight is 386 g/mol. The van der Waals surface area contributed by atoms with Crippen LogP contribution in [0.4, 0.5) is 0 Å². The Hall–Kier alpha value is -2.67. The maximum Gasteiger partial charge on any atom is 0.326 e. The fourth-order valence-electron chi connectivity index (χ4n) is 2.77. The molecule has 2 heterocycles. The lowest BCUT2D eigenvalue weighted by Gasteiger charge is -2.06. The number of rotatable bonds is 7. The molecular weight excluding hydrogens is 364 g/mol. The molecule has 142 valence electrons. The van der Waals surface area contributed by atoms with E-state index in [0.29, 0.717) is 11.4 Å². The van der Waals surface area contributed by atoms with E-state index in [1.807, 2.05) is 6.07 Å². The minimum Gasteiger partial charge on any atom is -0.465 e. The first kappa shape index (κ1) is 19.1. The number of hydrogen-bond acceptors (Lipinski definition) is 5. The van der Waals surface area contributed by atoms with Crippen molar-refractivity contribution >= 4 is 33.4 Å². The van der Waals surface area contributed by atoms with Gasteiger partial charge in [0.25, 0.3) is 0 Å². The SMILES string of the molecule is CCCCc1ccc2c(c1)sc(=NC(=O)c1ccco1)n2CC(=O)OCC. The predicted octanol–water partition coefficient (Wildman–Crippen LogP) is 3.94. The molecule has 0 saturated heterocycles. The Balaban J connectivity index is 2.05. The van der Waals surface area contributed by atoms with E-state index in [4.69, 9.17) is 9.15 Å². The minimum atomic E-state index is -0.477. The molecule has 6 nitrogen and oxygen atoms in total. The number of thiazole rings is 1. The first-order valence-corrected chi connectivity index (χ1v) is 9.84. The molecule has 3 rings (SSSR count). The van der Waals surface area contributed by atoms with Gasteiger partial charge >= 0.3 is 11.9 Å². The van der Waals surface area contributed by atoms with Gasteiger partial charge in [-0.15, -0.1) is 0 Å². The van der Waals surface area contributed by atoms with Crippen LogP contribution in [0.15, 0.2) is 46.0 Å². The van der Waals surface area contributed by atoms with Gasteiger partial charge in [0.1, 0.15) is 6.54 Å². The molecule has 0 saturated carbocycles. The third-order valence-electron chi connectivity index (χ3n) is 4.09. The summed E-state index contributed by atoms with van der Waals surface area (Å²) >= 11 is 1.38. The summed E-state index contributed by atoms with van der Waals surface area (Å²) in [5.41, 5.74) is 2.09. The highest BCUT2D eigenvalue weighted by Gasteiger charge is 2.14. The molecule has 0 radical (unpaired) electrons. The molecule has 27 heavy (non-hydrogen) atoms. The third kappa shape index (κ3) is 4.54. The standard InChI is InChI=1S/C20H22N2O4S/c1-3-5-7-14-9-10-15-17(12-14)27-20(22(15)13-18(23)25-4-2)21-19(24)16-8-6-11-26-16/h6,8-12H,3-5,7,13H2,1-2H3. The van der Waals surface area contributed by atoms with Crippen LogP contribution < -0.4 is 4.80 Å². The second-order valence-corrected chi connectivity index (χ2v) is 7.08. The number of carbonyl (C=O) groups is 2. The van der Waals surface area contributed by atoms with Crippen molar-refractivity contribution in [3.8, 4) is 0 Å². The number of unbranched alkanes of at least 4 members (excludes halogenated alkanes) is 1. The van der Waals surface area contributed by atoms with E-state index in [-0.39, 0.29) is 18.3 Å². The molecule has 3 aromatic rings. The monoisotopic (exact) mass is 386 g/mol. The van der Waals surface area contributed by atoms with Crippen LogP contribution in [0.1, 0.15) is 42.8 Å². The smallest absolute Gasteiger partial charge is 0.326 e. The highest BCUT2D eigenvalue weighted by molar-refractivity contribution is 7.16. The summed E-state index contributed by atoms with van der Waals surface area (Å²) in [5, 5.41) is 0. The normalized spacial score (nSPS) is 11.9. The van der Waals surface area contributed by atoms with Gasteiger partial charge in [-0.25, -0.2) is 0 Å². The Bertz CT molecular complexity index is 999. The van der Waals surface area contributed by atoms with Crippen LogP contribution in [-0.4, -0.2) is 23.1 Å². The maximum absolute atomic E-state index is 12.3. The number of aromatic nitrogens is 1. The van der Waals surface area contributed by atoms with Crippen LogP contribution in [0, 0.1) is 0 Å². The predicted molar refractivity (Wildman–Crippen MR) is 104 cm³/mol. The van der Waals surface area contributed by atoms with Crippen molar-refractivity contribution in [1.29, 1.82) is 0 Å². The molecule has 1 aromatic carbocycles. The Morgan fingerprint density at radius 2 is 2.11 bits per heavy atom. The summed E-state index contributed by atoms with van der Waals surface area (Å²) in [7, 11) is 0. The number of nitrogens with zero attached hydrogens (tertiary/aromatic N) is 2. The maximum atomic E-state index is 12.3. The largest absolute Gasteiger partial charge is 0.465 e. The Kier molecular flexibility index (Phi) is 6.24. The fraction of sp³-hybridized carbons (Fsp3) is 0.350. The molecule has 0 unspecified atom stereocenters. The van der Waals surface area contributed by atoms with E-state index in [9.17, 15) is 9.59 Å². The van der Waals surface area contributed by atoms with Gasteiger partial charge in [-0.3, -0.25) is 9.59 Å². The highest BCUT2D eigenvalue weighted by atomic mass is 32.1.